The fraction of sp³-hybridized carbons (Fsp3) is 0.300. The monoisotopic (exact) mass is 403 g/mol. The second-order valence-electron chi connectivity index (χ2n) is 6.35. The van der Waals surface area contributed by atoms with E-state index >= 15 is 0 Å². The van der Waals surface area contributed by atoms with Gasteiger partial charge in [0.15, 0.2) is 16.5 Å². The van der Waals surface area contributed by atoms with E-state index < -0.39 is 28.8 Å². The molecule has 0 aliphatic carbocycles. The van der Waals surface area contributed by atoms with Gasteiger partial charge in [-0.25, -0.2) is 4.79 Å². The average molecular weight is 403 g/mol. The highest BCUT2D eigenvalue weighted by Crippen LogP contribution is 2.38. The third-order valence-corrected chi connectivity index (χ3v) is 5.29. The molecule has 1 aliphatic heterocycles. The minimum Gasteiger partial charge on any atom is -0.467 e. The van der Waals surface area contributed by atoms with Gasteiger partial charge in [0.1, 0.15) is 6.10 Å². The predicted octanol–water partition coefficient (Wildman–Crippen LogP) is 2.66. The van der Waals surface area contributed by atoms with Crippen molar-refractivity contribution >= 4 is 23.9 Å². The van der Waals surface area contributed by atoms with Crippen LogP contribution in [0.2, 0.25) is 0 Å². The standard InChI is InChI=1S/C20H21NO6S/c1-20(28-27-26-15-11-7-4-8-12-15)17(16(18(22)24-2)21-19(20)23)25-13-14-9-5-3-6-10-14/h3-12,16-17H,13H2,1-2H3,(H,21,23)/t16-,17+,20+/m1/s1. The Bertz CT molecular complexity index is 803. The molecule has 1 fully saturated rings. The summed E-state index contributed by atoms with van der Waals surface area (Å²) in [4.78, 5) is 30.0. The van der Waals surface area contributed by atoms with Crippen molar-refractivity contribution in [1.29, 1.82) is 0 Å². The Hall–Kier alpha value is -2.55. The van der Waals surface area contributed by atoms with E-state index in [4.69, 9.17) is 18.7 Å². The van der Waals surface area contributed by atoms with Crippen LogP contribution in [0.1, 0.15) is 12.5 Å². The molecule has 0 spiro atoms. The number of hydrogen-bond acceptors (Lipinski definition) is 7. The van der Waals surface area contributed by atoms with Crippen LogP contribution in [0.5, 0.6) is 5.75 Å². The van der Waals surface area contributed by atoms with Crippen molar-refractivity contribution in [3.05, 3.63) is 66.2 Å². The topological polar surface area (TPSA) is 83.1 Å². The molecule has 148 valence electrons. The molecule has 1 N–H and O–H groups in total. The van der Waals surface area contributed by atoms with Crippen LogP contribution in [0.4, 0.5) is 0 Å². The van der Waals surface area contributed by atoms with Crippen molar-refractivity contribution in [1.82, 2.24) is 5.32 Å². The number of benzene rings is 2. The Balaban J connectivity index is 1.72. The molecule has 2 aromatic carbocycles. The Morgan fingerprint density at radius 3 is 2.39 bits per heavy atom. The van der Waals surface area contributed by atoms with E-state index in [2.05, 4.69) is 5.32 Å². The number of rotatable bonds is 8. The second kappa shape index (κ2) is 9.09. The van der Waals surface area contributed by atoms with E-state index in [0.717, 1.165) is 17.6 Å². The number of para-hydroxylation sites is 1. The lowest BCUT2D eigenvalue weighted by Gasteiger charge is -2.28. The van der Waals surface area contributed by atoms with Gasteiger partial charge in [0.05, 0.1) is 25.8 Å². The molecule has 1 aliphatic rings. The second-order valence-corrected chi connectivity index (χ2v) is 7.50. The molecule has 2 aromatic rings. The number of ether oxygens (including phenoxy) is 2. The fourth-order valence-corrected chi connectivity index (χ4v) is 3.51. The largest absolute Gasteiger partial charge is 0.467 e. The van der Waals surface area contributed by atoms with E-state index in [1.54, 1.807) is 31.2 Å². The van der Waals surface area contributed by atoms with Gasteiger partial charge in [-0.1, -0.05) is 48.5 Å². The van der Waals surface area contributed by atoms with Crippen molar-refractivity contribution in [3.8, 4) is 5.75 Å². The highest BCUT2D eigenvalue weighted by atomic mass is 32.2. The Labute approximate surface area is 167 Å². The summed E-state index contributed by atoms with van der Waals surface area (Å²) in [6.07, 6.45) is -0.822. The zero-order valence-corrected chi connectivity index (χ0v) is 16.3. The quantitative estimate of drug-likeness (QED) is 0.314. The summed E-state index contributed by atoms with van der Waals surface area (Å²) in [5.41, 5.74) is 0.916. The molecule has 1 saturated heterocycles. The van der Waals surface area contributed by atoms with Crippen LogP contribution in [0.25, 0.3) is 0 Å². The maximum atomic E-state index is 12.6. The van der Waals surface area contributed by atoms with Gasteiger partial charge < -0.3 is 19.7 Å². The molecule has 0 saturated carbocycles. The number of esters is 1. The van der Waals surface area contributed by atoms with Crippen LogP contribution in [0, 0.1) is 0 Å². The summed E-state index contributed by atoms with van der Waals surface area (Å²) in [6, 6.07) is 17.4. The number of amides is 1. The van der Waals surface area contributed by atoms with Crippen LogP contribution in [-0.2, 0) is 30.0 Å². The molecule has 7 nitrogen and oxygen atoms in total. The Morgan fingerprint density at radius 2 is 1.75 bits per heavy atom. The molecule has 0 aromatic heterocycles. The lowest BCUT2D eigenvalue weighted by molar-refractivity contribution is -0.147. The van der Waals surface area contributed by atoms with Gasteiger partial charge in [-0.3, -0.25) is 4.79 Å². The lowest BCUT2D eigenvalue weighted by atomic mass is 10.0. The van der Waals surface area contributed by atoms with Crippen LogP contribution < -0.4 is 10.2 Å². The van der Waals surface area contributed by atoms with Gasteiger partial charge in [0.2, 0.25) is 5.91 Å². The minimum absolute atomic E-state index is 0.226. The third-order valence-electron chi connectivity index (χ3n) is 4.39. The molecule has 1 amide bonds. The number of carbonyl (C=O) groups is 2. The molecular weight excluding hydrogens is 382 g/mol. The summed E-state index contributed by atoms with van der Waals surface area (Å²) < 4.78 is 14.8. The molecule has 3 atom stereocenters. The van der Waals surface area contributed by atoms with E-state index in [1.807, 2.05) is 36.4 Å². The number of methoxy groups -OCH3 is 1. The molecule has 0 radical (unpaired) electrons. The van der Waals surface area contributed by atoms with E-state index in [1.165, 1.54) is 7.11 Å². The zero-order chi connectivity index (χ0) is 20.0. The van der Waals surface area contributed by atoms with Gasteiger partial charge in [0, 0.05) is 0 Å². The van der Waals surface area contributed by atoms with Crippen LogP contribution in [0.3, 0.4) is 0 Å². The van der Waals surface area contributed by atoms with Crippen LogP contribution >= 0.6 is 12.0 Å². The van der Waals surface area contributed by atoms with Crippen molar-refractivity contribution in [2.24, 2.45) is 0 Å². The SMILES string of the molecule is COC(=O)[C@@H]1NC(=O)[C@@](C)(SOOc2ccccc2)[C@H]1OCc1ccccc1. The maximum absolute atomic E-state index is 12.6. The first-order valence-electron chi connectivity index (χ1n) is 8.66. The lowest BCUT2D eigenvalue weighted by Crippen LogP contribution is -2.46. The normalized spacial score (nSPS) is 23.9. The van der Waals surface area contributed by atoms with Gasteiger partial charge in [0.25, 0.3) is 0 Å². The summed E-state index contributed by atoms with van der Waals surface area (Å²) in [6.45, 7) is 1.86. The van der Waals surface area contributed by atoms with Crippen molar-refractivity contribution in [3.63, 3.8) is 0 Å². The molecule has 28 heavy (non-hydrogen) atoms. The first kappa shape index (κ1) is 20.2. The van der Waals surface area contributed by atoms with Crippen molar-refractivity contribution in [2.75, 3.05) is 7.11 Å². The number of hydrogen-bond donors (Lipinski definition) is 1. The summed E-state index contributed by atoms with van der Waals surface area (Å²) in [5, 5.41) is 2.64. The van der Waals surface area contributed by atoms with Crippen molar-refractivity contribution < 1.29 is 28.3 Å². The van der Waals surface area contributed by atoms with Crippen LogP contribution in [0.15, 0.2) is 60.7 Å². The Morgan fingerprint density at radius 1 is 1.11 bits per heavy atom. The smallest absolute Gasteiger partial charge is 0.331 e. The van der Waals surface area contributed by atoms with Crippen LogP contribution in [-0.4, -0.2) is 35.9 Å². The first-order valence-corrected chi connectivity index (χ1v) is 9.40. The molecule has 0 unspecified atom stereocenters. The fourth-order valence-electron chi connectivity index (χ4n) is 2.82. The van der Waals surface area contributed by atoms with Gasteiger partial charge in [-0.2, -0.15) is 0 Å². The molecule has 8 heteroatoms. The summed E-state index contributed by atoms with van der Waals surface area (Å²) in [7, 11) is 1.26. The Kier molecular flexibility index (Phi) is 6.56. The number of nitrogens with one attached hydrogen (secondary N) is 1. The van der Waals surface area contributed by atoms with E-state index in [9.17, 15) is 9.59 Å². The van der Waals surface area contributed by atoms with Gasteiger partial charge >= 0.3 is 5.97 Å². The van der Waals surface area contributed by atoms with Crippen molar-refractivity contribution in [2.45, 2.75) is 30.4 Å². The van der Waals surface area contributed by atoms with Gasteiger partial charge in [-0.15, -0.1) is 4.33 Å². The van der Waals surface area contributed by atoms with Gasteiger partial charge in [-0.05, 0) is 24.6 Å². The third kappa shape index (κ3) is 4.46. The maximum Gasteiger partial charge on any atom is 0.331 e. The number of carbonyl (C=O) groups excluding carboxylic acids is 2. The van der Waals surface area contributed by atoms with E-state index in [-0.39, 0.29) is 6.61 Å². The molecular formula is C20H21NO6S. The van der Waals surface area contributed by atoms with E-state index in [0.29, 0.717) is 5.75 Å². The summed E-state index contributed by atoms with van der Waals surface area (Å²) in [5.74, 6) is -0.495. The average Bonchev–Trinajstić information content (AvgIpc) is 2.98. The molecule has 3 rings (SSSR count). The highest BCUT2D eigenvalue weighted by molar-refractivity contribution is 7.96. The summed E-state index contributed by atoms with van der Waals surface area (Å²) >= 11 is 0.797. The highest BCUT2D eigenvalue weighted by Gasteiger charge is 2.58. The minimum atomic E-state index is -1.22. The molecule has 0 bridgehead atoms. The molecule has 1 heterocycles. The zero-order valence-electron chi connectivity index (χ0n) is 15.5. The predicted molar refractivity (Wildman–Crippen MR) is 103 cm³/mol. The first-order chi connectivity index (χ1) is 13.5.